The highest BCUT2D eigenvalue weighted by Crippen LogP contribution is 2.56. The molecule has 15 heavy (non-hydrogen) atoms. The average molecular weight is 242 g/mol. The molecule has 9 heteroatoms. The normalized spacial score (nSPS) is 51.7. The van der Waals surface area contributed by atoms with Gasteiger partial charge >= 0.3 is 7.82 Å². The highest BCUT2D eigenvalue weighted by atomic mass is 31.2. The molecule has 88 valence electrons. The fourth-order valence-corrected chi connectivity index (χ4v) is 2.60. The van der Waals surface area contributed by atoms with Crippen molar-refractivity contribution >= 4 is 7.82 Å². The van der Waals surface area contributed by atoms with Gasteiger partial charge in [-0.25, -0.2) is 4.57 Å². The van der Waals surface area contributed by atoms with Crippen molar-refractivity contribution in [3.05, 3.63) is 0 Å². The van der Waals surface area contributed by atoms with E-state index in [1.54, 1.807) is 0 Å². The lowest BCUT2D eigenvalue weighted by molar-refractivity contribution is -0.125. The number of hydrogen-bond acceptors (Lipinski definition) is 7. The Morgan fingerprint density at radius 1 is 1.40 bits per heavy atom. The minimum Gasteiger partial charge on any atom is -0.394 e. The van der Waals surface area contributed by atoms with Gasteiger partial charge in [0.15, 0.2) is 6.29 Å². The van der Waals surface area contributed by atoms with Gasteiger partial charge in [0.05, 0.1) is 6.61 Å². The number of phosphoric ester groups is 1. The molecule has 0 spiro atoms. The van der Waals surface area contributed by atoms with Gasteiger partial charge in [-0.2, -0.15) is 0 Å². The fraction of sp³-hybridized carbons (Fsp3) is 1.00. The number of ether oxygens (including phenoxy) is 1. The van der Waals surface area contributed by atoms with Crippen molar-refractivity contribution in [2.45, 2.75) is 30.7 Å². The van der Waals surface area contributed by atoms with Crippen LogP contribution in [-0.2, 0) is 18.3 Å². The van der Waals surface area contributed by atoms with Crippen LogP contribution in [0.25, 0.3) is 0 Å². The van der Waals surface area contributed by atoms with Crippen LogP contribution in [0.1, 0.15) is 0 Å². The molecular formula is C6H11O8P. The van der Waals surface area contributed by atoms with E-state index in [4.69, 9.17) is 14.7 Å². The highest BCUT2D eigenvalue weighted by molar-refractivity contribution is 7.47. The minimum absolute atomic E-state index is 0.599. The van der Waals surface area contributed by atoms with Crippen molar-refractivity contribution in [2.75, 3.05) is 6.61 Å². The second kappa shape index (κ2) is 3.76. The van der Waals surface area contributed by atoms with E-state index in [1.165, 1.54) is 0 Å². The van der Waals surface area contributed by atoms with Crippen LogP contribution in [0.5, 0.6) is 0 Å². The van der Waals surface area contributed by atoms with E-state index in [0.717, 1.165) is 0 Å². The number of phosphoric acid groups is 1. The van der Waals surface area contributed by atoms with Crippen molar-refractivity contribution in [1.82, 2.24) is 0 Å². The topological polar surface area (TPSA) is 126 Å². The molecular weight excluding hydrogens is 231 g/mol. The Labute approximate surface area is 84.6 Å². The Morgan fingerprint density at radius 2 is 2.07 bits per heavy atom. The Hall–Kier alpha value is -0.0500. The third-order valence-electron chi connectivity index (χ3n) is 2.29. The van der Waals surface area contributed by atoms with Crippen LogP contribution in [-0.4, -0.2) is 57.5 Å². The summed E-state index contributed by atoms with van der Waals surface area (Å²) in [4.78, 5) is 8.91. The maximum atomic E-state index is 10.9. The molecule has 0 saturated carbocycles. The highest BCUT2D eigenvalue weighted by Gasteiger charge is 2.57. The van der Waals surface area contributed by atoms with Crippen LogP contribution in [0.2, 0.25) is 0 Å². The predicted octanol–water partition coefficient (Wildman–Crippen LogP) is -2.06. The van der Waals surface area contributed by atoms with Crippen molar-refractivity contribution in [3.8, 4) is 0 Å². The molecule has 0 aliphatic carbocycles. The SMILES string of the molecule is O=P1(O)O[C@H]2O[C@@H]([C@H](O)CO)[C@H](O)[C@H]2O1. The van der Waals surface area contributed by atoms with Gasteiger partial charge in [0.2, 0.25) is 0 Å². The molecule has 0 aromatic carbocycles. The lowest BCUT2D eigenvalue weighted by atomic mass is 10.1. The lowest BCUT2D eigenvalue weighted by Crippen LogP contribution is -2.40. The molecule has 0 aromatic rings. The van der Waals surface area contributed by atoms with Gasteiger partial charge in [-0.15, -0.1) is 0 Å². The molecule has 2 saturated heterocycles. The van der Waals surface area contributed by atoms with Crippen LogP contribution in [0.15, 0.2) is 0 Å². The third-order valence-corrected chi connectivity index (χ3v) is 3.28. The van der Waals surface area contributed by atoms with Gasteiger partial charge in [0.25, 0.3) is 0 Å². The van der Waals surface area contributed by atoms with Gasteiger partial charge in [0, 0.05) is 0 Å². The van der Waals surface area contributed by atoms with Crippen LogP contribution in [0.3, 0.4) is 0 Å². The van der Waals surface area contributed by atoms with Crippen LogP contribution >= 0.6 is 7.82 Å². The zero-order chi connectivity index (χ0) is 11.2. The van der Waals surface area contributed by atoms with Gasteiger partial charge < -0.3 is 24.9 Å². The average Bonchev–Trinajstić information content (AvgIpc) is 2.60. The van der Waals surface area contributed by atoms with E-state index in [-0.39, 0.29) is 0 Å². The first-order chi connectivity index (χ1) is 6.94. The molecule has 4 N–H and O–H groups in total. The van der Waals surface area contributed by atoms with Crippen molar-refractivity contribution in [1.29, 1.82) is 0 Å². The number of rotatable bonds is 2. The van der Waals surface area contributed by atoms with Crippen LogP contribution in [0, 0.1) is 0 Å². The molecule has 1 unspecified atom stereocenters. The molecule has 0 radical (unpaired) electrons. The van der Waals surface area contributed by atoms with Gasteiger partial charge in [0.1, 0.15) is 24.4 Å². The summed E-state index contributed by atoms with van der Waals surface area (Å²) < 4.78 is 24.9. The molecule has 0 aromatic heterocycles. The maximum Gasteiger partial charge on any atom is 0.475 e. The maximum absolute atomic E-state index is 10.9. The summed E-state index contributed by atoms with van der Waals surface area (Å²) in [6.07, 6.45) is -6.02. The van der Waals surface area contributed by atoms with E-state index in [0.29, 0.717) is 0 Å². The first-order valence-electron chi connectivity index (χ1n) is 4.26. The molecule has 0 amide bonds. The first-order valence-corrected chi connectivity index (χ1v) is 5.76. The van der Waals surface area contributed by atoms with E-state index in [2.05, 4.69) is 9.05 Å². The fourth-order valence-electron chi connectivity index (χ4n) is 1.59. The summed E-state index contributed by atoms with van der Waals surface area (Å²) in [5.74, 6) is 0. The zero-order valence-electron chi connectivity index (χ0n) is 7.46. The van der Waals surface area contributed by atoms with Crippen LogP contribution in [0.4, 0.5) is 0 Å². The molecule has 2 aliphatic heterocycles. The zero-order valence-corrected chi connectivity index (χ0v) is 8.36. The Bertz CT molecular complexity index is 295. The number of fused-ring (bicyclic) bond motifs is 1. The van der Waals surface area contributed by atoms with E-state index in [9.17, 15) is 14.8 Å². The Kier molecular flexibility index (Phi) is 2.87. The third kappa shape index (κ3) is 1.95. The van der Waals surface area contributed by atoms with Gasteiger partial charge in [-0.05, 0) is 0 Å². The van der Waals surface area contributed by atoms with E-state index in [1.807, 2.05) is 0 Å². The Balaban J connectivity index is 2.08. The van der Waals surface area contributed by atoms with E-state index >= 15 is 0 Å². The Morgan fingerprint density at radius 3 is 2.60 bits per heavy atom. The minimum atomic E-state index is -4.15. The number of hydrogen-bond donors (Lipinski definition) is 4. The monoisotopic (exact) mass is 242 g/mol. The van der Waals surface area contributed by atoms with Crippen LogP contribution < -0.4 is 0 Å². The summed E-state index contributed by atoms with van der Waals surface area (Å²) in [6, 6.07) is 0. The van der Waals surface area contributed by atoms with Crippen molar-refractivity contribution in [3.63, 3.8) is 0 Å². The van der Waals surface area contributed by atoms with Crippen molar-refractivity contribution in [2.24, 2.45) is 0 Å². The lowest BCUT2D eigenvalue weighted by Gasteiger charge is -2.20. The molecule has 2 fully saturated rings. The van der Waals surface area contributed by atoms with E-state index < -0.39 is 45.1 Å². The summed E-state index contributed by atoms with van der Waals surface area (Å²) in [6.45, 7) is -0.599. The summed E-state index contributed by atoms with van der Waals surface area (Å²) in [5, 5.41) is 27.4. The molecule has 2 heterocycles. The molecule has 2 rings (SSSR count). The molecule has 8 nitrogen and oxygen atoms in total. The largest absolute Gasteiger partial charge is 0.475 e. The van der Waals surface area contributed by atoms with Gasteiger partial charge in [-0.1, -0.05) is 0 Å². The predicted molar refractivity (Wildman–Crippen MR) is 43.5 cm³/mol. The van der Waals surface area contributed by atoms with Crippen molar-refractivity contribution < 1.29 is 38.6 Å². The molecule has 0 bridgehead atoms. The summed E-state index contributed by atoms with van der Waals surface area (Å²) in [7, 11) is -4.15. The summed E-state index contributed by atoms with van der Waals surface area (Å²) >= 11 is 0. The molecule has 2 aliphatic rings. The smallest absolute Gasteiger partial charge is 0.394 e. The standard InChI is InChI=1S/C6H11O8P/c7-1-2(8)4-3(9)5-6(12-4)14-15(10,11)13-5/h2-9H,1H2,(H,10,11)/t2-,3+,4+,5-,6-/m1/s1. The molecule has 6 atom stereocenters. The quantitative estimate of drug-likeness (QED) is 0.407. The summed E-state index contributed by atoms with van der Waals surface area (Å²) in [5.41, 5.74) is 0. The van der Waals surface area contributed by atoms with Gasteiger partial charge in [-0.3, -0.25) is 9.05 Å². The second-order valence-corrected chi connectivity index (χ2v) is 4.71. The first kappa shape index (κ1) is 11.4. The number of aliphatic hydroxyl groups is 3. The number of aliphatic hydroxyl groups excluding tert-OH is 3. The second-order valence-electron chi connectivity index (χ2n) is 3.35.